The fourth-order valence-electron chi connectivity index (χ4n) is 3.47. The molecule has 0 saturated heterocycles. The van der Waals surface area contributed by atoms with Gasteiger partial charge in [0.15, 0.2) is 0 Å². The van der Waals surface area contributed by atoms with Crippen molar-refractivity contribution in [2.45, 2.75) is 12.8 Å². The SMILES string of the molecule is Fc1cc(I)ccn1.Ic1ccnc(Nc2ccc3c(c2)CCO3)c1.Nc1ccc2c(c1)CCO2. The van der Waals surface area contributed by atoms with Gasteiger partial charge in [0.2, 0.25) is 5.95 Å². The summed E-state index contributed by atoms with van der Waals surface area (Å²) >= 11 is 4.30. The van der Waals surface area contributed by atoms with Crippen LogP contribution in [0.15, 0.2) is 73.1 Å². The van der Waals surface area contributed by atoms with E-state index in [1.54, 1.807) is 12.3 Å². The van der Waals surface area contributed by atoms with Crippen molar-refractivity contribution in [2.24, 2.45) is 0 Å². The maximum absolute atomic E-state index is 12.1. The number of aromatic nitrogens is 2. The molecule has 0 spiro atoms. The maximum Gasteiger partial charge on any atom is 0.213 e. The first-order valence-electron chi connectivity index (χ1n) is 10.9. The molecule has 0 amide bonds. The number of pyridine rings is 2. The van der Waals surface area contributed by atoms with E-state index in [1.165, 1.54) is 27.0 Å². The summed E-state index contributed by atoms with van der Waals surface area (Å²) in [6.45, 7) is 1.60. The van der Waals surface area contributed by atoms with Crippen molar-refractivity contribution in [1.29, 1.82) is 0 Å². The topological polar surface area (TPSA) is 82.3 Å². The second kappa shape index (κ2) is 12.3. The Morgan fingerprint density at radius 1 is 0.771 bits per heavy atom. The van der Waals surface area contributed by atoms with E-state index in [9.17, 15) is 4.39 Å². The molecule has 0 fully saturated rings. The van der Waals surface area contributed by atoms with Crippen LogP contribution in [0.1, 0.15) is 11.1 Å². The van der Waals surface area contributed by atoms with Crippen LogP contribution in [0, 0.1) is 13.1 Å². The van der Waals surface area contributed by atoms with Crippen LogP contribution in [0.2, 0.25) is 0 Å². The number of benzene rings is 2. The molecule has 6 nitrogen and oxygen atoms in total. The predicted molar refractivity (Wildman–Crippen MR) is 153 cm³/mol. The highest BCUT2D eigenvalue weighted by Crippen LogP contribution is 2.29. The highest BCUT2D eigenvalue weighted by Gasteiger charge is 2.12. The molecule has 0 bridgehead atoms. The van der Waals surface area contributed by atoms with Gasteiger partial charge in [-0.25, -0.2) is 9.97 Å². The Labute approximate surface area is 230 Å². The number of nitrogens with zero attached hydrogens (tertiary/aromatic N) is 2. The van der Waals surface area contributed by atoms with Crippen molar-refractivity contribution in [2.75, 3.05) is 24.3 Å². The summed E-state index contributed by atoms with van der Waals surface area (Å²) in [7, 11) is 0. The first-order chi connectivity index (χ1) is 17.0. The Morgan fingerprint density at radius 2 is 1.40 bits per heavy atom. The molecule has 6 rings (SSSR count). The molecule has 0 unspecified atom stereocenters. The zero-order valence-corrected chi connectivity index (χ0v) is 23.0. The number of halogens is 3. The number of fused-ring (bicyclic) bond motifs is 2. The van der Waals surface area contributed by atoms with E-state index < -0.39 is 5.95 Å². The molecule has 0 aliphatic carbocycles. The monoisotopic (exact) mass is 696 g/mol. The van der Waals surface area contributed by atoms with Gasteiger partial charge in [0.05, 0.1) is 13.2 Å². The Kier molecular flexibility index (Phi) is 8.96. The third kappa shape index (κ3) is 7.66. The Bertz CT molecular complexity index is 1290. The van der Waals surface area contributed by atoms with Crippen LogP contribution >= 0.6 is 45.2 Å². The summed E-state index contributed by atoms with van der Waals surface area (Å²) in [5, 5.41) is 3.30. The van der Waals surface area contributed by atoms with Crippen LogP contribution in [-0.2, 0) is 12.8 Å². The van der Waals surface area contributed by atoms with Gasteiger partial charge in [-0.2, -0.15) is 4.39 Å². The highest BCUT2D eigenvalue weighted by atomic mass is 127. The van der Waals surface area contributed by atoms with Crippen molar-refractivity contribution in [3.05, 3.63) is 97.3 Å². The molecule has 9 heteroatoms. The number of nitrogen functional groups attached to an aromatic ring is 1. The van der Waals surface area contributed by atoms with Gasteiger partial charge in [-0.1, -0.05) is 0 Å². The lowest BCUT2D eigenvalue weighted by atomic mass is 10.1. The molecule has 0 atom stereocenters. The number of nitrogens with two attached hydrogens (primary N) is 1. The number of hydrogen-bond acceptors (Lipinski definition) is 6. The Balaban J connectivity index is 0.000000136. The average Bonchev–Trinajstić information content (AvgIpc) is 3.48. The zero-order chi connectivity index (χ0) is 24.6. The van der Waals surface area contributed by atoms with E-state index in [1.807, 2.05) is 65.1 Å². The van der Waals surface area contributed by atoms with Crippen LogP contribution in [-0.4, -0.2) is 23.2 Å². The van der Waals surface area contributed by atoms with E-state index in [0.29, 0.717) is 0 Å². The molecule has 2 aromatic heterocycles. The van der Waals surface area contributed by atoms with Crippen LogP contribution in [0.25, 0.3) is 0 Å². The summed E-state index contributed by atoms with van der Waals surface area (Å²) < 4.78 is 24.9. The van der Waals surface area contributed by atoms with Crippen molar-refractivity contribution in [1.82, 2.24) is 9.97 Å². The van der Waals surface area contributed by atoms with Gasteiger partial charge in [0, 0.05) is 49.8 Å². The molecule has 2 aromatic carbocycles. The first kappa shape index (κ1) is 25.4. The molecular weight excluding hydrogens is 673 g/mol. The fraction of sp³-hybridized carbons (Fsp3) is 0.154. The molecule has 3 N–H and O–H groups in total. The third-order valence-electron chi connectivity index (χ3n) is 5.09. The second-order valence-electron chi connectivity index (χ2n) is 7.67. The summed E-state index contributed by atoms with van der Waals surface area (Å²) in [4.78, 5) is 7.65. The van der Waals surface area contributed by atoms with Crippen molar-refractivity contribution in [3.8, 4) is 11.5 Å². The van der Waals surface area contributed by atoms with E-state index in [0.717, 1.165) is 58.3 Å². The normalized spacial score (nSPS) is 12.5. The van der Waals surface area contributed by atoms with Crippen molar-refractivity contribution in [3.63, 3.8) is 0 Å². The first-order valence-corrected chi connectivity index (χ1v) is 13.0. The standard InChI is InChI=1S/C13H11IN2O.C8H9NO.C5H3FIN/c14-10-3-5-15-13(8-10)16-11-1-2-12-9(7-11)4-6-17-12;9-7-1-2-8-6(5-7)3-4-10-8;6-5-3-4(7)1-2-8-5/h1-3,5,7-8H,4,6H2,(H,15,16);1-2,5H,3-4,9H2;1-3H. The predicted octanol–water partition coefficient (Wildman–Crippen LogP) is 6.39. The van der Waals surface area contributed by atoms with Crippen LogP contribution < -0.4 is 20.5 Å². The lowest BCUT2D eigenvalue weighted by Gasteiger charge is -2.07. The van der Waals surface area contributed by atoms with Gasteiger partial charge in [0.1, 0.15) is 17.3 Å². The van der Waals surface area contributed by atoms with Crippen molar-refractivity contribution < 1.29 is 13.9 Å². The summed E-state index contributed by atoms with van der Waals surface area (Å²) in [5.74, 6) is 2.45. The van der Waals surface area contributed by atoms with Gasteiger partial charge in [-0.05, 0) is 111 Å². The number of anilines is 3. The van der Waals surface area contributed by atoms with Gasteiger partial charge in [-0.3, -0.25) is 0 Å². The summed E-state index contributed by atoms with van der Waals surface area (Å²) in [6, 6.07) is 19.0. The summed E-state index contributed by atoms with van der Waals surface area (Å²) in [6.07, 6.45) is 5.24. The molecule has 180 valence electrons. The zero-order valence-electron chi connectivity index (χ0n) is 18.7. The van der Waals surface area contributed by atoms with E-state index in [4.69, 9.17) is 15.2 Å². The molecule has 35 heavy (non-hydrogen) atoms. The lowest BCUT2D eigenvalue weighted by Crippen LogP contribution is -1.94. The molecule has 0 radical (unpaired) electrons. The molecule has 0 saturated carbocycles. The Hall–Kier alpha value is -2.67. The summed E-state index contributed by atoms with van der Waals surface area (Å²) in [5.41, 5.74) is 9.96. The van der Waals surface area contributed by atoms with Gasteiger partial charge in [0.25, 0.3) is 0 Å². The quantitative estimate of drug-likeness (QED) is 0.144. The molecular formula is C26H23FI2N4O2. The minimum Gasteiger partial charge on any atom is -0.493 e. The number of ether oxygens (including phenoxy) is 2. The Morgan fingerprint density at radius 3 is 2.03 bits per heavy atom. The molecule has 2 aliphatic heterocycles. The molecule has 2 aliphatic rings. The lowest BCUT2D eigenvalue weighted by molar-refractivity contribution is 0.356. The second-order valence-corrected chi connectivity index (χ2v) is 10.2. The van der Waals surface area contributed by atoms with Crippen LogP contribution in [0.3, 0.4) is 0 Å². The smallest absolute Gasteiger partial charge is 0.213 e. The van der Waals surface area contributed by atoms with Crippen LogP contribution in [0.5, 0.6) is 11.5 Å². The molecule has 4 aromatic rings. The fourth-order valence-corrected chi connectivity index (χ4v) is 4.34. The van der Waals surface area contributed by atoms with Gasteiger partial charge < -0.3 is 20.5 Å². The largest absolute Gasteiger partial charge is 0.493 e. The van der Waals surface area contributed by atoms with Crippen LogP contribution in [0.4, 0.5) is 21.6 Å². The average molecular weight is 696 g/mol. The highest BCUT2D eigenvalue weighted by molar-refractivity contribution is 14.1. The van der Waals surface area contributed by atoms with E-state index in [2.05, 4.69) is 43.9 Å². The number of hydrogen-bond donors (Lipinski definition) is 2. The molecule has 4 heterocycles. The van der Waals surface area contributed by atoms with Crippen molar-refractivity contribution >= 4 is 62.4 Å². The minimum atomic E-state index is -0.420. The van der Waals surface area contributed by atoms with E-state index in [-0.39, 0.29) is 0 Å². The van der Waals surface area contributed by atoms with Gasteiger partial charge in [-0.15, -0.1) is 0 Å². The maximum atomic E-state index is 12.1. The third-order valence-corrected chi connectivity index (χ3v) is 6.43. The van der Waals surface area contributed by atoms with Gasteiger partial charge >= 0.3 is 0 Å². The number of rotatable bonds is 2. The van der Waals surface area contributed by atoms with E-state index >= 15 is 0 Å². The minimum absolute atomic E-state index is 0.420. The number of nitrogens with one attached hydrogen (secondary N) is 1.